The minimum Gasteiger partial charge on any atom is -0.379 e. The Labute approximate surface area is 97.2 Å². The van der Waals surface area contributed by atoms with Gasteiger partial charge >= 0.3 is 0 Å². The lowest BCUT2D eigenvalue weighted by Gasteiger charge is -2.19. The monoisotopic (exact) mass is 219 g/mol. The van der Waals surface area contributed by atoms with Crippen molar-refractivity contribution >= 4 is 5.69 Å². The Morgan fingerprint density at radius 2 is 1.75 bits per heavy atom. The zero-order valence-corrected chi connectivity index (χ0v) is 10.5. The average molecular weight is 219 g/mol. The molecular formula is C13H21N3. The van der Waals surface area contributed by atoms with E-state index in [0.29, 0.717) is 0 Å². The molecule has 0 unspecified atom stereocenters. The van der Waals surface area contributed by atoms with Crippen LogP contribution in [0.3, 0.4) is 0 Å². The largest absolute Gasteiger partial charge is 0.379 e. The molecule has 2 aliphatic carbocycles. The lowest BCUT2D eigenvalue weighted by molar-refractivity contribution is 0.567. The second-order valence-corrected chi connectivity index (χ2v) is 5.51. The number of anilines is 1. The van der Waals surface area contributed by atoms with Gasteiger partial charge < -0.3 is 5.32 Å². The van der Waals surface area contributed by atoms with Crippen molar-refractivity contribution in [3.8, 4) is 0 Å². The quantitative estimate of drug-likeness (QED) is 0.843. The molecule has 2 fully saturated rings. The summed E-state index contributed by atoms with van der Waals surface area (Å²) in [6, 6.07) is 0.724. The first kappa shape index (κ1) is 10.2. The number of nitrogens with one attached hydrogen (secondary N) is 1. The fourth-order valence-electron chi connectivity index (χ4n) is 2.68. The van der Waals surface area contributed by atoms with E-state index in [1.807, 2.05) is 11.7 Å². The molecule has 88 valence electrons. The molecule has 0 aromatic carbocycles. The SMILES string of the molecule is Cc1nn(C)c(C)c1NC(C1CC1)C1CC1. The fourth-order valence-corrected chi connectivity index (χ4v) is 2.68. The number of aromatic nitrogens is 2. The molecule has 0 atom stereocenters. The molecular weight excluding hydrogens is 198 g/mol. The highest BCUT2D eigenvalue weighted by Crippen LogP contribution is 2.46. The van der Waals surface area contributed by atoms with E-state index >= 15 is 0 Å². The van der Waals surface area contributed by atoms with Crippen molar-refractivity contribution in [2.24, 2.45) is 18.9 Å². The molecule has 2 aliphatic rings. The third kappa shape index (κ3) is 1.72. The predicted molar refractivity (Wildman–Crippen MR) is 65.5 cm³/mol. The van der Waals surface area contributed by atoms with Crippen LogP contribution in [0.2, 0.25) is 0 Å². The summed E-state index contributed by atoms with van der Waals surface area (Å²) in [5.74, 6) is 1.87. The van der Waals surface area contributed by atoms with Gasteiger partial charge in [0.1, 0.15) is 0 Å². The molecule has 3 heteroatoms. The van der Waals surface area contributed by atoms with Crippen molar-refractivity contribution < 1.29 is 0 Å². The summed E-state index contributed by atoms with van der Waals surface area (Å²) in [6.45, 7) is 4.26. The van der Waals surface area contributed by atoms with Crippen LogP contribution in [0.15, 0.2) is 0 Å². The molecule has 3 nitrogen and oxygen atoms in total. The Balaban J connectivity index is 1.80. The minimum absolute atomic E-state index is 0.724. The van der Waals surface area contributed by atoms with Gasteiger partial charge in [-0.05, 0) is 51.4 Å². The van der Waals surface area contributed by atoms with E-state index < -0.39 is 0 Å². The molecule has 1 heterocycles. The van der Waals surface area contributed by atoms with E-state index in [-0.39, 0.29) is 0 Å². The maximum Gasteiger partial charge on any atom is 0.0827 e. The number of hydrogen-bond acceptors (Lipinski definition) is 2. The van der Waals surface area contributed by atoms with Gasteiger partial charge in [0.2, 0.25) is 0 Å². The first-order chi connectivity index (χ1) is 7.66. The van der Waals surface area contributed by atoms with Gasteiger partial charge in [-0.1, -0.05) is 0 Å². The van der Waals surface area contributed by atoms with E-state index in [9.17, 15) is 0 Å². The summed E-state index contributed by atoms with van der Waals surface area (Å²) in [4.78, 5) is 0. The molecule has 0 radical (unpaired) electrons. The van der Waals surface area contributed by atoms with Crippen LogP contribution >= 0.6 is 0 Å². The average Bonchev–Trinajstić information content (AvgIpc) is 3.12. The van der Waals surface area contributed by atoms with E-state index in [0.717, 1.165) is 23.6 Å². The molecule has 0 saturated heterocycles. The molecule has 0 spiro atoms. The third-order valence-electron chi connectivity index (χ3n) is 4.08. The highest BCUT2D eigenvalue weighted by atomic mass is 15.3. The van der Waals surface area contributed by atoms with Crippen LogP contribution in [0, 0.1) is 25.7 Å². The van der Waals surface area contributed by atoms with Gasteiger partial charge in [0.25, 0.3) is 0 Å². The van der Waals surface area contributed by atoms with Crippen molar-refractivity contribution in [3.05, 3.63) is 11.4 Å². The molecule has 1 aromatic heterocycles. The van der Waals surface area contributed by atoms with Crippen molar-refractivity contribution in [2.45, 2.75) is 45.6 Å². The molecule has 0 amide bonds. The lowest BCUT2D eigenvalue weighted by atomic mass is 10.1. The smallest absolute Gasteiger partial charge is 0.0827 e. The van der Waals surface area contributed by atoms with Crippen molar-refractivity contribution in [3.63, 3.8) is 0 Å². The van der Waals surface area contributed by atoms with Gasteiger partial charge in [-0.2, -0.15) is 5.10 Å². The Morgan fingerprint density at radius 1 is 1.19 bits per heavy atom. The number of aryl methyl sites for hydroxylation is 2. The first-order valence-corrected chi connectivity index (χ1v) is 6.43. The fraction of sp³-hybridized carbons (Fsp3) is 0.769. The predicted octanol–water partition coefficient (Wildman–Crippen LogP) is 2.64. The van der Waals surface area contributed by atoms with Gasteiger partial charge in [-0.15, -0.1) is 0 Å². The highest BCUT2D eigenvalue weighted by Gasteiger charge is 2.41. The summed E-state index contributed by atoms with van der Waals surface area (Å²) in [5.41, 5.74) is 3.70. The second-order valence-electron chi connectivity index (χ2n) is 5.51. The summed E-state index contributed by atoms with van der Waals surface area (Å²) in [5, 5.41) is 8.25. The van der Waals surface area contributed by atoms with E-state index in [4.69, 9.17) is 0 Å². The van der Waals surface area contributed by atoms with E-state index in [1.54, 1.807) is 0 Å². The summed E-state index contributed by atoms with van der Waals surface area (Å²) < 4.78 is 1.98. The molecule has 1 aromatic rings. The van der Waals surface area contributed by atoms with Crippen LogP contribution in [0.4, 0.5) is 5.69 Å². The van der Waals surface area contributed by atoms with Crippen molar-refractivity contribution in [1.82, 2.24) is 9.78 Å². The summed E-state index contributed by atoms with van der Waals surface area (Å²) in [6.07, 6.45) is 5.69. The Kier molecular flexibility index (Phi) is 2.23. The maximum absolute atomic E-state index is 4.48. The molecule has 16 heavy (non-hydrogen) atoms. The Bertz CT molecular complexity index is 388. The normalized spacial score (nSPS) is 20.5. The Morgan fingerprint density at radius 3 is 2.12 bits per heavy atom. The summed E-state index contributed by atoms with van der Waals surface area (Å²) in [7, 11) is 2.02. The van der Waals surface area contributed by atoms with Gasteiger partial charge in [0, 0.05) is 13.1 Å². The van der Waals surface area contributed by atoms with Crippen molar-refractivity contribution in [2.75, 3.05) is 5.32 Å². The Hall–Kier alpha value is -0.990. The minimum atomic E-state index is 0.724. The lowest BCUT2D eigenvalue weighted by Crippen LogP contribution is -2.24. The zero-order chi connectivity index (χ0) is 11.3. The molecule has 1 N–H and O–H groups in total. The van der Waals surface area contributed by atoms with E-state index in [2.05, 4.69) is 24.3 Å². The number of hydrogen-bond donors (Lipinski definition) is 1. The molecule has 0 aliphatic heterocycles. The van der Waals surface area contributed by atoms with Gasteiger partial charge in [-0.25, -0.2) is 0 Å². The van der Waals surface area contributed by atoms with Crippen molar-refractivity contribution in [1.29, 1.82) is 0 Å². The maximum atomic E-state index is 4.48. The molecule has 2 saturated carbocycles. The van der Waals surface area contributed by atoms with Crippen LogP contribution in [0.1, 0.15) is 37.1 Å². The van der Waals surface area contributed by atoms with Crippen LogP contribution in [0.25, 0.3) is 0 Å². The van der Waals surface area contributed by atoms with Crippen LogP contribution in [-0.4, -0.2) is 15.8 Å². The molecule has 0 bridgehead atoms. The zero-order valence-electron chi connectivity index (χ0n) is 10.5. The number of nitrogens with zero attached hydrogens (tertiary/aromatic N) is 2. The van der Waals surface area contributed by atoms with Gasteiger partial charge in [-0.3, -0.25) is 4.68 Å². The van der Waals surface area contributed by atoms with Crippen LogP contribution in [0.5, 0.6) is 0 Å². The first-order valence-electron chi connectivity index (χ1n) is 6.43. The van der Waals surface area contributed by atoms with E-state index in [1.165, 1.54) is 37.1 Å². The van der Waals surface area contributed by atoms with Gasteiger partial charge in [0.05, 0.1) is 17.1 Å². The second kappa shape index (κ2) is 3.51. The standard InChI is InChI=1S/C13H21N3/c1-8-12(9(2)16(3)15-8)14-13(10-4-5-10)11-6-7-11/h10-11,13-14H,4-7H2,1-3H3. The third-order valence-corrected chi connectivity index (χ3v) is 4.08. The van der Waals surface area contributed by atoms with Gasteiger partial charge in [0.15, 0.2) is 0 Å². The van der Waals surface area contributed by atoms with Crippen LogP contribution in [-0.2, 0) is 7.05 Å². The topological polar surface area (TPSA) is 29.9 Å². The summed E-state index contributed by atoms with van der Waals surface area (Å²) >= 11 is 0. The van der Waals surface area contributed by atoms with Crippen LogP contribution < -0.4 is 5.32 Å². The number of rotatable bonds is 4. The molecule has 3 rings (SSSR count). The highest BCUT2D eigenvalue weighted by molar-refractivity contribution is 5.53.